The number of nitrogens with zero attached hydrogens (tertiary/aromatic N) is 2. The van der Waals surface area contributed by atoms with E-state index < -0.39 is 0 Å². The van der Waals surface area contributed by atoms with Crippen molar-refractivity contribution in [2.45, 2.75) is 45.9 Å². The molecule has 0 aliphatic carbocycles. The molecule has 0 radical (unpaired) electrons. The van der Waals surface area contributed by atoms with Gasteiger partial charge in [-0.3, -0.25) is 4.79 Å². The van der Waals surface area contributed by atoms with Crippen LogP contribution in [0.4, 0.5) is 0 Å². The van der Waals surface area contributed by atoms with Gasteiger partial charge in [-0.05, 0) is 42.4 Å². The van der Waals surface area contributed by atoms with E-state index in [1.807, 2.05) is 18.2 Å². The molecule has 1 aliphatic rings. The van der Waals surface area contributed by atoms with E-state index >= 15 is 0 Å². The maximum Gasteiger partial charge on any atom is 0.220 e. The fourth-order valence-corrected chi connectivity index (χ4v) is 3.98. The van der Waals surface area contributed by atoms with Crippen LogP contribution in [0.2, 0.25) is 0 Å². The number of rotatable bonds is 9. The van der Waals surface area contributed by atoms with E-state index in [9.17, 15) is 4.79 Å². The van der Waals surface area contributed by atoms with Crippen molar-refractivity contribution in [2.24, 2.45) is 10.9 Å². The van der Waals surface area contributed by atoms with Crippen LogP contribution in [0.5, 0.6) is 0 Å². The van der Waals surface area contributed by atoms with Gasteiger partial charge < -0.3 is 20.3 Å². The van der Waals surface area contributed by atoms with Crippen molar-refractivity contribution in [3.63, 3.8) is 0 Å². The summed E-state index contributed by atoms with van der Waals surface area (Å²) in [4.78, 5) is 18.9. The van der Waals surface area contributed by atoms with Crippen LogP contribution >= 0.6 is 0 Å². The van der Waals surface area contributed by atoms with Gasteiger partial charge in [0.05, 0.1) is 19.8 Å². The van der Waals surface area contributed by atoms with E-state index in [-0.39, 0.29) is 5.91 Å². The van der Waals surface area contributed by atoms with Crippen molar-refractivity contribution in [1.29, 1.82) is 0 Å². The lowest BCUT2D eigenvalue weighted by molar-refractivity contribution is -0.121. The Morgan fingerprint density at radius 1 is 1.03 bits per heavy atom. The zero-order valence-corrected chi connectivity index (χ0v) is 19.3. The number of hydrogen-bond acceptors (Lipinski definition) is 3. The Hall–Kier alpha value is -2.86. The highest BCUT2D eigenvalue weighted by molar-refractivity contribution is 5.80. The van der Waals surface area contributed by atoms with Crippen LogP contribution in [0.1, 0.15) is 42.9 Å². The minimum atomic E-state index is 0.136. The molecule has 0 saturated carbocycles. The normalized spacial score (nSPS) is 14.9. The molecular weight excluding hydrogens is 400 g/mol. The highest BCUT2D eigenvalue weighted by Gasteiger charge is 2.23. The molecule has 172 valence electrons. The first kappa shape index (κ1) is 23.8. The SMILES string of the molecule is CCNC(=NCc1cccc(COCc2ccccc2)c1)N1CCC(CC(=O)NC)CC1. The van der Waals surface area contributed by atoms with Gasteiger partial charge in [-0.15, -0.1) is 0 Å². The average molecular weight is 437 g/mol. The Morgan fingerprint density at radius 3 is 2.44 bits per heavy atom. The standard InChI is InChI=1S/C26H36N4O2/c1-3-28-26(30-14-12-21(13-15-30)17-25(31)27-2)29-18-23-10-7-11-24(16-23)20-32-19-22-8-5-4-6-9-22/h4-11,16,21H,3,12-15,17-20H2,1-2H3,(H,27,31)(H,28,29). The Balaban J connectivity index is 1.52. The van der Waals surface area contributed by atoms with Crippen LogP contribution in [0.25, 0.3) is 0 Å². The summed E-state index contributed by atoms with van der Waals surface area (Å²) in [7, 11) is 1.71. The maximum atomic E-state index is 11.7. The van der Waals surface area contributed by atoms with E-state index in [1.165, 1.54) is 11.1 Å². The number of amides is 1. The smallest absolute Gasteiger partial charge is 0.220 e. The second-order valence-electron chi connectivity index (χ2n) is 8.28. The minimum Gasteiger partial charge on any atom is -0.372 e. The zero-order chi connectivity index (χ0) is 22.6. The third kappa shape index (κ3) is 7.68. The molecular formula is C26H36N4O2. The van der Waals surface area contributed by atoms with Crippen LogP contribution in [-0.2, 0) is 29.3 Å². The summed E-state index contributed by atoms with van der Waals surface area (Å²) in [6, 6.07) is 18.7. The van der Waals surface area contributed by atoms with Gasteiger partial charge in [-0.25, -0.2) is 4.99 Å². The van der Waals surface area contributed by atoms with E-state index in [2.05, 4.69) is 58.9 Å². The molecule has 2 aromatic rings. The van der Waals surface area contributed by atoms with E-state index in [4.69, 9.17) is 9.73 Å². The van der Waals surface area contributed by atoms with Gasteiger partial charge in [0.1, 0.15) is 0 Å². The van der Waals surface area contributed by atoms with E-state index in [0.717, 1.165) is 44.0 Å². The molecule has 0 aromatic heterocycles. The molecule has 1 heterocycles. The van der Waals surface area contributed by atoms with Crippen molar-refractivity contribution >= 4 is 11.9 Å². The van der Waals surface area contributed by atoms with Crippen molar-refractivity contribution < 1.29 is 9.53 Å². The highest BCUT2D eigenvalue weighted by Crippen LogP contribution is 2.20. The number of likely N-dealkylation sites (tertiary alicyclic amines) is 1. The van der Waals surface area contributed by atoms with Gasteiger partial charge in [-0.1, -0.05) is 54.6 Å². The van der Waals surface area contributed by atoms with Crippen molar-refractivity contribution in [3.05, 3.63) is 71.3 Å². The zero-order valence-electron chi connectivity index (χ0n) is 19.3. The maximum absolute atomic E-state index is 11.7. The van der Waals surface area contributed by atoms with Crippen molar-refractivity contribution in [1.82, 2.24) is 15.5 Å². The van der Waals surface area contributed by atoms with Crippen LogP contribution in [0.3, 0.4) is 0 Å². The lowest BCUT2D eigenvalue weighted by Crippen LogP contribution is -2.46. The number of hydrogen-bond donors (Lipinski definition) is 2. The topological polar surface area (TPSA) is 66.0 Å². The summed E-state index contributed by atoms with van der Waals surface area (Å²) >= 11 is 0. The van der Waals surface area contributed by atoms with Crippen LogP contribution < -0.4 is 10.6 Å². The molecule has 0 spiro atoms. The van der Waals surface area contributed by atoms with Crippen LogP contribution in [0.15, 0.2) is 59.6 Å². The third-order valence-corrected chi connectivity index (χ3v) is 5.78. The van der Waals surface area contributed by atoms with Crippen molar-refractivity contribution in [3.8, 4) is 0 Å². The lowest BCUT2D eigenvalue weighted by atomic mass is 9.93. The summed E-state index contributed by atoms with van der Waals surface area (Å²) in [6.45, 7) is 6.63. The third-order valence-electron chi connectivity index (χ3n) is 5.78. The Bertz CT molecular complexity index is 861. The first-order valence-corrected chi connectivity index (χ1v) is 11.6. The number of carbonyl (C=O) groups is 1. The second-order valence-corrected chi connectivity index (χ2v) is 8.28. The summed E-state index contributed by atoms with van der Waals surface area (Å²) in [6.07, 6.45) is 2.66. The lowest BCUT2D eigenvalue weighted by Gasteiger charge is -2.34. The first-order chi connectivity index (χ1) is 15.7. The molecule has 2 N–H and O–H groups in total. The van der Waals surface area contributed by atoms with E-state index in [1.54, 1.807) is 7.05 Å². The molecule has 0 unspecified atom stereocenters. The number of guanidine groups is 1. The monoisotopic (exact) mass is 436 g/mol. The predicted octanol–water partition coefficient (Wildman–Crippen LogP) is 3.72. The molecule has 2 aromatic carbocycles. The molecule has 1 saturated heterocycles. The average Bonchev–Trinajstić information content (AvgIpc) is 2.83. The molecule has 0 bridgehead atoms. The molecule has 1 fully saturated rings. The van der Waals surface area contributed by atoms with Crippen molar-refractivity contribution in [2.75, 3.05) is 26.7 Å². The van der Waals surface area contributed by atoms with Gasteiger partial charge in [0.25, 0.3) is 0 Å². The number of benzene rings is 2. The molecule has 6 heteroatoms. The molecule has 1 amide bonds. The highest BCUT2D eigenvalue weighted by atomic mass is 16.5. The summed E-state index contributed by atoms with van der Waals surface area (Å²) in [5.41, 5.74) is 3.52. The number of ether oxygens (including phenoxy) is 1. The van der Waals surface area contributed by atoms with Crippen LogP contribution in [0, 0.1) is 5.92 Å². The van der Waals surface area contributed by atoms with Gasteiger partial charge in [0.2, 0.25) is 5.91 Å². The largest absolute Gasteiger partial charge is 0.372 e. The van der Waals surface area contributed by atoms with Gasteiger partial charge >= 0.3 is 0 Å². The molecule has 6 nitrogen and oxygen atoms in total. The van der Waals surface area contributed by atoms with Crippen LogP contribution in [-0.4, -0.2) is 43.4 Å². The predicted molar refractivity (Wildman–Crippen MR) is 129 cm³/mol. The molecule has 1 aliphatic heterocycles. The van der Waals surface area contributed by atoms with Gasteiger partial charge in [-0.2, -0.15) is 0 Å². The number of carbonyl (C=O) groups excluding carboxylic acids is 1. The second kappa shape index (κ2) is 12.9. The van der Waals surface area contributed by atoms with Gasteiger partial charge in [0, 0.05) is 33.1 Å². The first-order valence-electron chi connectivity index (χ1n) is 11.6. The fourth-order valence-electron chi connectivity index (χ4n) is 3.98. The minimum absolute atomic E-state index is 0.136. The number of nitrogens with one attached hydrogen (secondary N) is 2. The quantitative estimate of drug-likeness (QED) is 0.465. The number of aliphatic imine (C=N–C) groups is 1. The Labute approximate surface area is 192 Å². The fraction of sp³-hybridized carbons (Fsp3) is 0.462. The molecule has 32 heavy (non-hydrogen) atoms. The summed E-state index contributed by atoms with van der Waals surface area (Å²) in [5.74, 6) is 1.55. The summed E-state index contributed by atoms with van der Waals surface area (Å²) < 4.78 is 5.88. The Kier molecular flexibility index (Phi) is 9.57. The summed E-state index contributed by atoms with van der Waals surface area (Å²) in [5, 5.41) is 6.16. The molecule has 0 atom stereocenters. The number of piperidine rings is 1. The Morgan fingerprint density at radius 2 is 1.72 bits per heavy atom. The van der Waals surface area contributed by atoms with Gasteiger partial charge in [0.15, 0.2) is 5.96 Å². The van der Waals surface area contributed by atoms with E-state index in [0.29, 0.717) is 32.1 Å². The molecule has 3 rings (SSSR count).